The minimum absolute atomic E-state index is 0.0163. The molecule has 1 N–H and O–H groups in total. The molecule has 0 unspecified atom stereocenters. The van der Waals surface area contributed by atoms with Gasteiger partial charge in [0.1, 0.15) is 0 Å². The number of nitrogens with one attached hydrogen (secondary N) is 1. The van der Waals surface area contributed by atoms with Gasteiger partial charge in [-0.05, 0) is 39.0 Å². The minimum Gasteiger partial charge on any atom is -0.338 e. The van der Waals surface area contributed by atoms with Gasteiger partial charge < -0.3 is 15.1 Å². The SMILES string of the molecule is Cc1cc(C)nc(N2CCN(CC(=O)N3c4ccccc4NC(=O)C[C@H]3C)CC2)n1. The van der Waals surface area contributed by atoms with Crippen LogP contribution in [0.4, 0.5) is 17.3 Å². The first kappa shape index (κ1) is 20.3. The van der Waals surface area contributed by atoms with Crippen LogP contribution in [0.25, 0.3) is 0 Å². The maximum Gasteiger partial charge on any atom is 0.241 e. The smallest absolute Gasteiger partial charge is 0.241 e. The predicted octanol–water partition coefficient (Wildman–Crippen LogP) is 1.98. The summed E-state index contributed by atoms with van der Waals surface area (Å²) in [5.74, 6) is 0.716. The number of piperazine rings is 1. The van der Waals surface area contributed by atoms with E-state index in [4.69, 9.17) is 0 Å². The van der Waals surface area contributed by atoms with E-state index in [1.165, 1.54) is 0 Å². The van der Waals surface area contributed by atoms with Gasteiger partial charge in [0.25, 0.3) is 0 Å². The molecule has 1 aromatic heterocycles. The standard InChI is InChI=1S/C22H28N6O2/c1-15-12-16(2)24-22(23-15)27-10-8-26(9-11-27)14-21(30)28-17(3)13-20(29)25-18-6-4-5-7-19(18)28/h4-7,12,17H,8-11,13-14H2,1-3H3,(H,25,29)/t17-/m1/s1. The van der Waals surface area contributed by atoms with Crippen LogP contribution < -0.4 is 15.1 Å². The quantitative estimate of drug-likeness (QED) is 0.836. The van der Waals surface area contributed by atoms with Gasteiger partial charge in [0.2, 0.25) is 17.8 Å². The molecule has 30 heavy (non-hydrogen) atoms. The second-order valence-electron chi connectivity index (χ2n) is 8.10. The fourth-order valence-corrected chi connectivity index (χ4v) is 4.19. The zero-order valence-corrected chi connectivity index (χ0v) is 17.8. The molecule has 2 aliphatic rings. The Kier molecular flexibility index (Phi) is 5.67. The van der Waals surface area contributed by atoms with Crippen LogP contribution in [0.1, 0.15) is 24.7 Å². The number of aryl methyl sites for hydroxylation is 2. The van der Waals surface area contributed by atoms with Crippen LogP contribution >= 0.6 is 0 Å². The second kappa shape index (κ2) is 8.39. The van der Waals surface area contributed by atoms with E-state index in [-0.39, 0.29) is 24.3 Å². The first-order chi connectivity index (χ1) is 14.4. The molecular formula is C22H28N6O2. The summed E-state index contributed by atoms with van der Waals surface area (Å²) >= 11 is 0. The molecular weight excluding hydrogens is 380 g/mol. The zero-order chi connectivity index (χ0) is 21.3. The first-order valence-electron chi connectivity index (χ1n) is 10.4. The summed E-state index contributed by atoms with van der Waals surface area (Å²) in [6.07, 6.45) is 0.290. The Balaban J connectivity index is 1.43. The van der Waals surface area contributed by atoms with E-state index >= 15 is 0 Å². The number of anilines is 3. The van der Waals surface area contributed by atoms with E-state index in [2.05, 4.69) is 25.1 Å². The van der Waals surface area contributed by atoms with Gasteiger partial charge in [0.15, 0.2) is 0 Å². The van der Waals surface area contributed by atoms with Crippen molar-refractivity contribution in [1.29, 1.82) is 0 Å². The van der Waals surface area contributed by atoms with E-state index in [9.17, 15) is 9.59 Å². The van der Waals surface area contributed by atoms with Gasteiger partial charge in [-0.3, -0.25) is 14.5 Å². The fraction of sp³-hybridized carbons (Fsp3) is 0.455. The highest BCUT2D eigenvalue weighted by molar-refractivity contribution is 6.04. The molecule has 0 spiro atoms. The third-order valence-corrected chi connectivity index (χ3v) is 5.61. The summed E-state index contributed by atoms with van der Waals surface area (Å²) < 4.78 is 0. The van der Waals surface area contributed by atoms with E-state index in [1.807, 2.05) is 51.1 Å². The molecule has 2 aliphatic heterocycles. The predicted molar refractivity (Wildman–Crippen MR) is 117 cm³/mol. The van der Waals surface area contributed by atoms with Crippen molar-refractivity contribution in [2.45, 2.75) is 33.2 Å². The van der Waals surface area contributed by atoms with Gasteiger partial charge in [0, 0.05) is 50.0 Å². The lowest BCUT2D eigenvalue weighted by atomic mass is 10.1. The zero-order valence-electron chi connectivity index (χ0n) is 17.8. The molecule has 2 amide bonds. The number of carbonyl (C=O) groups is 2. The summed E-state index contributed by atoms with van der Waals surface area (Å²) in [6.45, 7) is 9.31. The van der Waals surface area contributed by atoms with Crippen molar-refractivity contribution in [1.82, 2.24) is 14.9 Å². The molecule has 1 atom stereocenters. The number of amides is 2. The summed E-state index contributed by atoms with van der Waals surface area (Å²) in [7, 11) is 0. The average Bonchev–Trinajstić information content (AvgIpc) is 2.82. The van der Waals surface area contributed by atoms with Crippen LogP contribution in [0, 0.1) is 13.8 Å². The molecule has 0 saturated carbocycles. The Hall–Kier alpha value is -3.00. The molecule has 8 heteroatoms. The third-order valence-electron chi connectivity index (χ3n) is 5.61. The van der Waals surface area contributed by atoms with Gasteiger partial charge in [-0.1, -0.05) is 12.1 Å². The lowest BCUT2D eigenvalue weighted by Gasteiger charge is -2.36. The summed E-state index contributed by atoms with van der Waals surface area (Å²) in [5, 5.41) is 2.91. The van der Waals surface area contributed by atoms with Crippen molar-refractivity contribution in [3.05, 3.63) is 41.7 Å². The molecule has 158 valence electrons. The van der Waals surface area contributed by atoms with E-state index in [0.717, 1.165) is 49.2 Å². The summed E-state index contributed by atoms with van der Waals surface area (Å²) in [5.41, 5.74) is 3.39. The topological polar surface area (TPSA) is 81.7 Å². The van der Waals surface area contributed by atoms with Gasteiger partial charge in [-0.25, -0.2) is 9.97 Å². The Bertz CT molecular complexity index is 934. The monoisotopic (exact) mass is 408 g/mol. The van der Waals surface area contributed by atoms with Gasteiger partial charge >= 0.3 is 0 Å². The lowest BCUT2D eigenvalue weighted by molar-refractivity contribution is -0.120. The molecule has 0 aliphatic carbocycles. The molecule has 8 nitrogen and oxygen atoms in total. The summed E-state index contributed by atoms with van der Waals surface area (Å²) in [4.78, 5) is 40.6. The third kappa shape index (κ3) is 4.28. The molecule has 4 rings (SSSR count). The maximum atomic E-state index is 13.2. The van der Waals surface area contributed by atoms with E-state index < -0.39 is 0 Å². The van der Waals surface area contributed by atoms with Crippen LogP contribution in [0.2, 0.25) is 0 Å². The van der Waals surface area contributed by atoms with Gasteiger partial charge in [-0.2, -0.15) is 0 Å². The van der Waals surface area contributed by atoms with E-state index in [1.54, 1.807) is 4.90 Å². The largest absolute Gasteiger partial charge is 0.338 e. The first-order valence-corrected chi connectivity index (χ1v) is 10.4. The van der Waals surface area contributed by atoms with Crippen LogP contribution in [0.3, 0.4) is 0 Å². The normalized spacial score (nSPS) is 19.8. The molecule has 0 bridgehead atoms. The average molecular weight is 409 g/mol. The van der Waals surface area contributed by atoms with Crippen molar-refractivity contribution < 1.29 is 9.59 Å². The number of fused-ring (bicyclic) bond motifs is 1. The van der Waals surface area contributed by atoms with Crippen LogP contribution in [-0.2, 0) is 9.59 Å². The van der Waals surface area contributed by atoms with Crippen molar-refractivity contribution in [3.8, 4) is 0 Å². The molecule has 3 heterocycles. The number of aromatic nitrogens is 2. The second-order valence-corrected chi connectivity index (χ2v) is 8.10. The van der Waals surface area contributed by atoms with Crippen molar-refractivity contribution in [2.24, 2.45) is 0 Å². The molecule has 1 saturated heterocycles. The van der Waals surface area contributed by atoms with Gasteiger partial charge in [0.05, 0.1) is 17.9 Å². The van der Waals surface area contributed by atoms with Crippen LogP contribution in [0.15, 0.2) is 30.3 Å². The fourth-order valence-electron chi connectivity index (χ4n) is 4.19. The molecule has 0 radical (unpaired) electrons. The minimum atomic E-state index is -0.189. The van der Waals surface area contributed by atoms with Crippen molar-refractivity contribution in [3.63, 3.8) is 0 Å². The maximum absolute atomic E-state index is 13.2. The Morgan fingerprint density at radius 2 is 1.77 bits per heavy atom. The molecule has 1 aromatic carbocycles. The van der Waals surface area contributed by atoms with Gasteiger partial charge in [-0.15, -0.1) is 0 Å². The Morgan fingerprint density at radius 1 is 1.10 bits per heavy atom. The number of para-hydroxylation sites is 2. The van der Waals surface area contributed by atoms with Crippen molar-refractivity contribution >= 4 is 29.1 Å². The number of nitrogens with zero attached hydrogens (tertiary/aromatic N) is 5. The van der Waals surface area contributed by atoms with E-state index in [0.29, 0.717) is 12.2 Å². The number of hydrogen-bond donors (Lipinski definition) is 1. The van der Waals surface area contributed by atoms with Crippen LogP contribution in [0.5, 0.6) is 0 Å². The Labute approximate surface area is 176 Å². The Morgan fingerprint density at radius 3 is 2.47 bits per heavy atom. The highest BCUT2D eigenvalue weighted by atomic mass is 16.2. The lowest BCUT2D eigenvalue weighted by Crippen LogP contribution is -2.51. The molecule has 2 aromatic rings. The molecule has 1 fully saturated rings. The summed E-state index contributed by atoms with van der Waals surface area (Å²) in [6, 6.07) is 9.28. The number of rotatable bonds is 3. The number of hydrogen-bond acceptors (Lipinski definition) is 6. The highest BCUT2D eigenvalue weighted by Crippen LogP contribution is 2.31. The highest BCUT2D eigenvalue weighted by Gasteiger charge is 2.31. The van der Waals surface area contributed by atoms with Crippen molar-refractivity contribution in [2.75, 3.05) is 47.8 Å². The number of benzene rings is 1. The number of carbonyl (C=O) groups excluding carboxylic acids is 2. The van der Waals surface area contributed by atoms with Crippen LogP contribution in [-0.4, -0.2) is 65.4 Å².